The van der Waals surface area contributed by atoms with E-state index in [9.17, 15) is 0 Å². The molecule has 0 radical (unpaired) electrons. The van der Waals surface area contributed by atoms with Gasteiger partial charge in [0.2, 0.25) is 0 Å². The van der Waals surface area contributed by atoms with Crippen LogP contribution in [0, 0.1) is 23.7 Å². The first-order valence-electron chi connectivity index (χ1n) is 8.31. The molecule has 3 aliphatic rings. The highest BCUT2D eigenvalue weighted by atomic mass is 15.1. The van der Waals surface area contributed by atoms with Crippen LogP contribution in [0.4, 0.5) is 0 Å². The minimum Gasteiger partial charge on any atom is -0.377 e. The lowest BCUT2D eigenvalue weighted by Crippen LogP contribution is -2.28. The Hall–Kier alpha value is -1.24. The third-order valence-electron chi connectivity index (χ3n) is 4.98. The fourth-order valence-corrected chi connectivity index (χ4v) is 3.79. The smallest absolute Gasteiger partial charge is 0.0206 e. The van der Waals surface area contributed by atoms with E-state index >= 15 is 0 Å². The van der Waals surface area contributed by atoms with Crippen molar-refractivity contribution in [2.75, 3.05) is 13.1 Å². The van der Waals surface area contributed by atoms with E-state index in [1.165, 1.54) is 38.8 Å². The topological polar surface area (TPSA) is 3.24 Å². The summed E-state index contributed by atoms with van der Waals surface area (Å²) in [6, 6.07) is 0. The van der Waals surface area contributed by atoms with Crippen molar-refractivity contribution in [2.24, 2.45) is 23.7 Å². The third-order valence-corrected chi connectivity index (χ3v) is 4.98. The van der Waals surface area contributed by atoms with E-state index in [2.05, 4.69) is 60.6 Å². The average Bonchev–Trinajstić information content (AvgIpc) is 3.18. The van der Waals surface area contributed by atoms with Crippen LogP contribution in [0.3, 0.4) is 0 Å². The fourth-order valence-electron chi connectivity index (χ4n) is 3.79. The van der Waals surface area contributed by atoms with E-state index < -0.39 is 0 Å². The van der Waals surface area contributed by atoms with Crippen molar-refractivity contribution < 1.29 is 0 Å². The van der Waals surface area contributed by atoms with Gasteiger partial charge in [-0.25, -0.2) is 0 Å². The normalized spacial score (nSPS) is 31.1. The van der Waals surface area contributed by atoms with Crippen LogP contribution < -0.4 is 0 Å². The standard InChI is InChI=1S/C19H27N/c1-2-3-11-20(12-10-16-6-4-5-7-16)15-19-14-17-8-9-18(19)13-17/h4-10,12,16-19H,2-3,11,13-15H2,1H3/b12-10+. The second kappa shape index (κ2) is 6.47. The highest BCUT2D eigenvalue weighted by Gasteiger charge is 2.35. The van der Waals surface area contributed by atoms with Crippen molar-refractivity contribution in [3.63, 3.8) is 0 Å². The highest BCUT2D eigenvalue weighted by molar-refractivity contribution is 5.22. The Morgan fingerprint density at radius 1 is 1.10 bits per heavy atom. The lowest BCUT2D eigenvalue weighted by molar-refractivity contribution is 0.277. The maximum absolute atomic E-state index is 2.57. The van der Waals surface area contributed by atoms with E-state index in [1.54, 1.807) is 0 Å². The van der Waals surface area contributed by atoms with Gasteiger partial charge in [0, 0.05) is 19.0 Å². The van der Waals surface area contributed by atoms with Gasteiger partial charge in [0.15, 0.2) is 0 Å². The Morgan fingerprint density at radius 3 is 2.60 bits per heavy atom. The van der Waals surface area contributed by atoms with E-state index in [-0.39, 0.29) is 0 Å². The number of nitrogens with zero attached hydrogens (tertiary/aromatic N) is 1. The van der Waals surface area contributed by atoms with Crippen LogP contribution in [0.15, 0.2) is 48.7 Å². The summed E-state index contributed by atoms with van der Waals surface area (Å²) < 4.78 is 0. The molecule has 1 nitrogen and oxygen atoms in total. The van der Waals surface area contributed by atoms with Crippen LogP contribution in [0.25, 0.3) is 0 Å². The number of fused-ring (bicyclic) bond motifs is 2. The second-order valence-corrected chi connectivity index (χ2v) is 6.58. The zero-order valence-corrected chi connectivity index (χ0v) is 12.6. The Kier molecular flexibility index (Phi) is 4.44. The van der Waals surface area contributed by atoms with Gasteiger partial charge >= 0.3 is 0 Å². The summed E-state index contributed by atoms with van der Waals surface area (Å²) in [6.07, 6.45) is 23.9. The van der Waals surface area contributed by atoms with Crippen molar-refractivity contribution >= 4 is 0 Å². The number of hydrogen-bond acceptors (Lipinski definition) is 1. The summed E-state index contributed by atoms with van der Waals surface area (Å²) in [5, 5.41) is 0. The Morgan fingerprint density at radius 2 is 1.95 bits per heavy atom. The Bertz CT molecular complexity index is 417. The molecule has 3 rings (SSSR count). The molecule has 3 aliphatic carbocycles. The van der Waals surface area contributed by atoms with Gasteiger partial charge in [0.05, 0.1) is 0 Å². The molecular weight excluding hydrogens is 242 g/mol. The van der Waals surface area contributed by atoms with Crippen molar-refractivity contribution in [2.45, 2.75) is 32.6 Å². The van der Waals surface area contributed by atoms with E-state index in [0.29, 0.717) is 5.92 Å². The summed E-state index contributed by atoms with van der Waals surface area (Å²) in [7, 11) is 0. The lowest BCUT2D eigenvalue weighted by Gasteiger charge is -2.27. The fraction of sp³-hybridized carbons (Fsp3) is 0.579. The van der Waals surface area contributed by atoms with Crippen molar-refractivity contribution in [3.8, 4) is 0 Å². The van der Waals surface area contributed by atoms with Gasteiger partial charge < -0.3 is 4.90 Å². The molecule has 108 valence electrons. The third kappa shape index (κ3) is 3.26. The second-order valence-electron chi connectivity index (χ2n) is 6.58. The highest BCUT2D eigenvalue weighted by Crippen LogP contribution is 2.43. The summed E-state index contributed by atoms with van der Waals surface area (Å²) in [5.41, 5.74) is 0. The summed E-state index contributed by atoms with van der Waals surface area (Å²) in [6.45, 7) is 4.75. The largest absolute Gasteiger partial charge is 0.377 e. The first-order chi connectivity index (χ1) is 9.85. The first kappa shape index (κ1) is 13.7. The van der Waals surface area contributed by atoms with Crippen LogP contribution in [-0.4, -0.2) is 18.0 Å². The number of rotatable bonds is 7. The predicted molar refractivity (Wildman–Crippen MR) is 86.2 cm³/mol. The molecule has 0 amide bonds. The van der Waals surface area contributed by atoms with Crippen LogP contribution in [0.1, 0.15) is 32.6 Å². The SMILES string of the molecule is CCCCN(/C=C/C1C=CC=C1)CC1CC2C=CC1C2. The quantitative estimate of drug-likeness (QED) is 0.613. The van der Waals surface area contributed by atoms with Crippen LogP contribution in [-0.2, 0) is 0 Å². The van der Waals surface area contributed by atoms with Crippen molar-refractivity contribution in [1.82, 2.24) is 4.90 Å². The molecule has 1 saturated carbocycles. The Labute approximate surface area is 123 Å². The van der Waals surface area contributed by atoms with Crippen LogP contribution >= 0.6 is 0 Å². The maximum atomic E-state index is 2.57. The van der Waals surface area contributed by atoms with E-state index in [4.69, 9.17) is 0 Å². The molecular formula is C19H27N. The van der Waals surface area contributed by atoms with Crippen molar-refractivity contribution in [1.29, 1.82) is 0 Å². The summed E-state index contributed by atoms with van der Waals surface area (Å²) in [4.78, 5) is 2.57. The molecule has 1 fully saturated rings. The minimum atomic E-state index is 0.513. The maximum Gasteiger partial charge on any atom is 0.0206 e. The molecule has 3 unspecified atom stereocenters. The van der Waals surface area contributed by atoms with E-state index in [0.717, 1.165) is 17.8 Å². The minimum absolute atomic E-state index is 0.513. The molecule has 3 atom stereocenters. The molecule has 1 heteroatoms. The van der Waals surface area contributed by atoms with E-state index in [1.807, 2.05) is 0 Å². The van der Waals surface area contributed by atoms with Crippen LogP contribution in [0.2, 0.25) is 0 Å². The number of allylic oxidation sites excluding steroid dienone is 7. The van der Waals surface area contributed by atoms with Gasteiger partial charge in [-0.05, 0) is 43.2 Å². The molecule has 0 aliphatic heterocycles. The van der Waals surface area contributed by atoms with Gasteiger partial charge in [-0.1, -0.05) is 55.9 Å². The van der Waals surface area contributed by atoms with Gasteiger partial charge in [-0.3, -0.25) is 0 Å². The van der Waals surface area contributed by atoms with Gasteiger partial charge in [-0.15, -0.1) is 0 Å². The van der Waals surface area contributed by atoms with Gasteiger partial charge in [0.25, 0.3) is 0 Å². The molecule has 0 N–H and O–H groups in total. The molecule has 0 aromatic heterocycles. The van der Waals surface area contributed by atoms with Gasteiger partial charge in [0.1, 0.15) is 0 Å². The lowest BCUT2D eigenvalue weighted by atomic mass is 9.93. The zero-order valence-electron chi connectivity index (χ0n) is 12.6. The molecule has 0 aromatic rings. The summed E-state index contributed by atoms with van der Waals surface area (Å²) >= 11 is 0. The van der Waals surface area contributed by atoms with Crippen LogP contribution in [0.5, 0.6) is 0 Å². The molecule has 20 heavy (non-hydrogen) atoms. The monoisotopic (exact) mass is 269 g/mol. The zero-order chi connectivity index (χ0) is 13.8. The Balaban J connectivity index is 1.56. The molecule has 0 saturated heterocycles. The first-order valence-corrected chi connectivity index (χ1v) is 8.31. The molecule has 0 spiro atoms. The molecule has 2 bridgehead atoms. The average molecular weight is 269 g/mol. The molecule has 0 heterocycles. The number of hydrogen-bond donors (Lipinski definition) is 0. The van der Waals surface area contributed by atoms with Gasteiger partial charge in [-0.2, -0.15) is 0 Å². The van der Waals surface area contributed by atoms with Crippen molar-refractivity contribution in [3.05, 3.63) is 48.7 Å². The predicted octanol–water partition coefficient (Wildman–Crippen LogP) is 4.56. The number of unbranched alkanes of at least 4 members (excludes halogenated alkanes) is 1. The molecule has 0 aromatic carbocycles. The summed E-state index contributed by atoms with van der Waals surface area (Å²) in [5.74, 6) is 3.16.